The van der Waals surface area contributed by atoms with E-state index in [9.17, 15) is 0 Å². The third-order valence-electron chi connectivity index (χ3n) is 3.04. The standard InChI is InChI=1S/C16H22N2O2/c1-4-10-17-12(3)16-18-11-15(20-16)13-6-8-14(9-7-13)19-5-2/h6-9,11-12,17H,4-5,10H2,1-3H3. The number of rotatable bonds is 7. The topological polar surface area (TPSA) is 47.3 Å². The molecule has 1 N–H and O–H groups in total. The first-order valence-corrected chi connectivity index (χ1v) is 7.17. The van der Waals surface area contributed by atoms with Crippen molar-refractivity contribution in [3.05, 3.63) is 36.4 Å². The molecule has 20 heavy (non-hydrogen) atoms. The fraction of sp³-hybridized carbons (Fsp3) is 0.438. The molecule has 0 aliphatic heterocycles. The summed E-state index contributed by atoms with van der Waals surface area (Å²) in [6, 6.07) is 7.99. The van der Waals surface area contributed by atoms with E-state index in [1.54, 1.807) is 6.20 Å². The van der Waals surface area contributed by atoms with Crippen molar-refractivity contribution in [1.29, 1.82) is 0 Å². The SMILES string of the molecule is CCCNC(C)c1ncc(-c2ccc(OCC)cc2)o1. The largest absolute Gasteiger partial charge is 0.494 e. The Morgan fingerprint density at radius 2 is 2.00 bits per heavy atom. The van der Waals surface area contributed by atoms with Gasteiger partial charge in [-0.1, -0.05) is 6.92 Å². The molecule has 1 aromatic carbocycles. The zero-order valence-corrected chi connectivity index (χ0v) is 12.3. The van der Waals surface area contributed by atoms with E-state index in [1.165, 1.54) is 0 Å². The quantitative estimate of drug-likeness (QED) is 0.834. The minimum atomic E-state index is 0.131. The summed E-state index contributed by atoms with van der Waals surface area (Å²) in [7, 11) is 0. The molecular weight excluding hydrogens is 252 g/mol. The number of ether oxygens (including phenoxy) is 1. The zero-order valence-electron chi connectivity index (χ0n) is 12.3. The number of oxazole rings is 1. The third-order valence-corrected chi connectivity index (χ3v) is 3.04. The van der Waals surface area contributed by atoms with E-state index in [1.807, 2.05) is 31.2 Å². The second kappa shape index (κ2) is 7.10. The Morgan fingerprint density at radius 1 is 1.25 bits per heavy atom. The third kappa shape index (κ3) is 3.61. The van der Waals surface area contributed by atoms with Gasteiger partial charge in [-0.25, -0.2) is 4.98 Å². The maximum atomic E-state index is 5.81. The Labute approximate surface area is 120 Å². The molecule has 108 valence electrons. The van der Waals surface area contributed by atoms with Crippen LogP contribution in [0.5, 0.6) is 5.75 Å². The van der Waals surface area contributed by atoms with Gasteiger partial charge in [-0.15, -0.1) is 0 Å². The normalized spacial score (nSPS) is 12.3. The molecule has 0 spiro atoms. The van der Waals surface area contributed by atoms with Gasteiger partial charge in [0.15, 0.2) is 5.76 Å². The van der Waals surface area contributed by atoms with E-state index < -0.39 is 0 Å². The molecule has 4 nitrogen and oxygen atoms in total. The second-order valence-electron chi connectivity index (χ2n) is 4.70. The molecule has 0 saturated carbocycles. The molecule has 1 heterocycles. The maximum absolute atomic E-state index is 5.81. The Kier molecular flexibility index (Phi) is 5.18. The van der Waals surface area contributed by atoms with Gasteiger partial charge in [-0.2, -0.15) is 0 Å². The highest BCUT2D eigenvalue weighted by Crippen LogP contribution is 2.25. The first kappa shape index (κ1) is 14.6. The first-order valence-electron chi connectivity index (χ1n) is 7.17. The molecule has 1 atom stereocenters. The Hall–Kier alpha value is -1.81. The van der Waals surface area contributed by atoms with Crippen molar-refractivity contribution in [2.24, 2.45) is 0 Å². The minimum absolute atomic E-state index is 0.131. The molecule has 1 unspecified atom stereocenters. The molecule has 0 aliphatic rings. The highest BCUT2D eigenvalue weighted by Gasteiger charge is 2.12. The molecule has 0 bridgehead atoms. The van der Waals surface area contributed by atoms with Crippen LogP contribution in [-0.2, 0) is 0 Å². The summed E-state index contributed by atoms with van der Waals surface area (Å²) in [6.45, 7) is 7.81. The Morgan fingerprint density at radius 3 is 2.65 bits per heavy atom. The van der Waals surface area contributed by atoms with E-state index in [-0.39, 0.29) is 6.04 Å². The van der Waals surface area contributed by atoms with E-state index in [0.717, 1.165) is 35.9 Å². The van der Waals surface area contributed by atoms with Crippen LogP contribution in [0.3, 0.4) is 0 Å². The van der Waals surface area contributed by atoms with Gasteiger partial charge in [-0.05, 0) is 51.1 Å². The average molecular weight is 274 g/mol. The van der Waals surface area contributed by atoms with Crippen molar-refractivity contribution < 1.29 is 9.15 Å². The van der Waals surface area contributed by atoms with Gasteiger partial charge in [-0.3, -0.25) is 0 Å². The van der Waals surface area contributed by atoms with Gasteiger partial charge in [0.05, 0.1) is 18.8 Å². The first-order chi connectivity index (χ1) is 9.74. The van der Waals surface area contributed by atoms with Crippen LogP contribution in [-0.4, -0.2) is 18.1 Å². The number of benzene rings is 1. The summed E-state index contributed by atoms with van der Waals surface area (Å²) in [6.07, 6.45) is 2.87. The van der Waals surface area contributed by atoms with Crippen molar-refractivity contribution >= 4 is 0 Å². The highest BCUT2D eigenvalue weighted by molar-refractivity contribution is 5.57. The second-order valence-corrected chi connectivity index (χ2v) is 4.70. The molecule has 1 aromatic heterocycles. The minimum Gasteiger partial charge on any atom is -0.494 e. The van der Waals surface area contributed by atoms with Gasteiger partial charge in [0.1, 0.15) is 5.75 Å². The van der Waals surface area contributed by atoms with Crippen LogP contribution in [0.25, 0.3) is 11.3 Å². The summed E-state index contributed by atoms with van der Waals surface area (Å²) in [5.41, 5.74) is 1.01. The molecule has 0 amide bonds. The predicted molar refractivity (Wildman–Crippen MR) is 79.8 cm³/mol. The Bertz CT molecular complexity index is 520. The number of aromatic nitrogens is 1. The van der Waals surface area contributed by atoms with Crippen molar-refractivity contribution in [2.45, 2.75) is 33.2 Å². The molecule has 2 aromatic rings. The maximum Gasteiger partial charge on any atom is 0.211 e. The Balaban J connectivity index is 2.07. The van der Waals surface area contributed by atoms with Crippen LogP contribution in [0.1, 0.15) is 39.1 Å². The molecular formula is C16H22N2O2. The van der Waals surface area contributed by atoms with Crippen LogP contribution >= 0.6 is 0 Å². The monoisotopic (exact) mass is 274 g/mol. The van der Waals surface area contributed by atoms with Crippen molar-refractivity contribution in [2.75, 3.05) is 13.2 Å². The van der Waals surface area contributed by atoms with E-state index >= 15 is 0 Å². The lowest BCUT2D eigenvalue weighted by atomic mass is 10.2. The van der Waals surface area contributed by atoms with Crippen LogP contribution in [0.15, 0.2) is 34.9 Å². The van der Waals surface area contributed by atoms with Gasteiger partial charge in [0.25, 0.3) is 0 Å². The summed E-state index contributed by atoms with van der Waals surface area (Å²) in [5.74, 6) is 2.38. The summed E-state index contributed by atoms with van der Waals surface area (Å²) in [5, 5.41) is 3.36. The van der Waals surface area contributed by atoms with E-state index in [2.05, 4.69) is 24.1 Å². The van der Waals surface area contributed by atoms with E-state index in [0.29, 0.717) is 6.61 Å². The number of nitrogens with zero attached hydrogens (tertiary/aromatic N) is 1. The lowest BCUT2D eigenvalue weighted by Crippen LogP contribution is -2.19. The van der Waals surface area contributed by atoms with Crippen LogP contribution < -0.4 is 10.1 Å². The van der Waals surface area contributed by atoms with Crippen molar-refractivity contribution in [3.8, 4) is 17.1 Å². The van der Waals surface area contributed by atoms with Crippen molar-refractivity contribution in [3.63, 3.8) is 0 Å². The van der Waals surface area contributed by atoms with Crippen LogP contribution in [0.4, 0.5) is 0 Å². The predicted octanol–water partition coefficient (Wildman–Crippen LogP) is 3.80. The molecule has 0 fully saturated rings. The summed E-state index contributed by atoms with van der Waals surface area (Å²) < 4.78 is 11.2. The highest BCUT2D eigenvalue weighted by atomic mass is 16.5. The zero-order chi connectivity index (χ0) is 14.4. The molecule has 2 rings (SSSR count). The van der Waals surface area contributed by atoms with E-state index in [4.69, 9.17) is 9.15 Å². The van der Waals surface area contributed by atoms with Gasteiger partial charge in [0.2, 0.25) is 5.89 Å². The van der Waals surface area contributed by atoms with Gasteiger partial charge in [0, 0.05) is 5.56 Å². The molecule has 0 saturated heterocycles. The van der Waals surface area contributed by atoms with Crippen molar-refractivity contribution in [1.82, 2.24) is 10.3 Å². The number of hydrogen-bond donors (Lipinski definition) is 1. The molecule has 4 heteroatoms. The van der Waals surface area contributed by atoms with Gasteiger partial charge >= 0.3 is 0 Å². The van der Waals surface area contributed by atoms with Crippen LogP contribution in [0, 0.1) is 0 Å². The number of hydrogen-bond acceptors (Lipinski definition) is 4. The lowest BCUT2D eigenvalue weighted by Gasteiger charge is -2.08. The summed E-state index contributed by atoms with van der Waals surface area (Å²) in [4.78, 5) is 4.34. The lowest BCUT2D eigenvalue weighted by molar-refractivity contribution is 0.340. The number of nitrogens with one attached hydrogen (secondary N) is 1. The summed E-state index contributed by atoms with van der Waals surface area (Å²) >= 11 is 0. The average Bonchev–Trinajstić information content (AvgIpc) is 2.96. The van der Waals surface area contributed by atoms with Crippen LogP contribution in [0.2, 0.25) is 0 Å². The fourth-order valence-electron chi connectivity index (χ4n) is 1.95. The molecule has 0 aliphatic carbocycles. The smallest absolute Gasteiger partial charge is 0.211 e. The van der Waals surface area contributed by atoms with Gasteiger partial charge < -0.3 is 14.5 Å². The molecule has 0 radical (unpaired) electrons. The fourth-order valence-corrected chi connectivity index (χ4v) is 1.95.